The molecule has 0 aliphatic rings. The Kier molecular flexibility index (Phi) is 3.85. The molecule has 0 bridgehead atoms. The standard InChI is InChI=1S/C18H13ClN4O3/c19-10-5-7-11(8-6-10)26-9-14-15(16(20)24)17-21-13-4-2-1-3-12(13)18(25)23(17)22-14/h1-8,21H,9H2,(H2,20,24). The number of aromatic nitrogens is 3. The number of nitrogens with zero attached hydrogens (tertiary/aromatic N) is 2. The Labute approximate surface area is 152 Å². The molecular weight excluding hydrogens is 356 g/mol. The third kappa shape index (κ3) is 2.68. The van der Waals surface area contributed by atoms with Crippen molar-refractivity contribution in [1.29, 1.82) is 0 Å². The highest BCUT2D eigenvalue weighted by molar-refractivity contribution is 6.30. The Bertz CT molecular complexity index is 1190. The summed E-state index contributed by atoms with van der Waals surface area (Å²) in [5, 5.41) is 5.28. The first kappa shape index (κ1) is 16.2. The maximum absolute atomic E-state index is 12.7. The van der Waals surface area contributed by atoms with Crippen molar-refractivity contribution in [1.82, 2.24) is 14.6 Å². The van der Waals surface area contributed by atoms with Crippen LogP contribution in [0.1, 0.15) is 16.1 Å². The van der Waals surface area contributed by atoms with Crippen molar-refractivity contribution in [2.45, 2.75) is 6.61 Å². The lowest BCUT2D eigenvalue weighted by Crippen LogP contribution is -2.17. The van der Waals surface area contributed by atoms with Crippen LogP contribution in [0.3, 0.4) is 0 Å². The first-order chi connectivity index (χ1) is 12.5. The quantitative estimate of drug-likeness (QED) is 0.577. The van der Waals surface area contributed by atoms with E-state index >= 15 is 0 Å². The molecule has 0 saturated heterocycles. The number of aromatic amines is 1. The van der Waals surface area contributed by atoms with Gasteiger partial charge in [0.1, 0.15) is 23.6 Å². The first-order valence-electron chi connectivity index (χ1n) is 7.75. The Balaban J connectivity index is 1.83. The molecule has 0 fully saturated rings. The van der Waals surface area contributed by atoms with E-state index in [1.807, 2.05) is 0 Å². The molecule has 2 aromatic carbocycles. The van der Waals surface area contributed by atoms with Gasteiger partial charge in [0.15, 0.2) is 5.65 Å². The predicted molar refractivity (Wildman–Crippen MR) is 97.6 cm³/mol. The minimum absolute atomic E-state index is 0.0226. The van der Waals surface area contributed by atoms with Crippen molar-refractivity contribution < 1.29 is 9.53 Å². The average Bonchev–Trinajstić information content (AvgIpc) is 3.00. The number of hydrogen-bond acceptors (Lipinski definition) is 4. The monoisotopic (exact) mass is 368 g/mol. The fourth-order valence-corrected chi connectivity index (χ4v) is 2.91. The summed E-state index contributed by atoms with van der Waals surface area (Å²) in [6.45, 7) is -0.0226. The summed E-state index contributed by atoms with van der Waals surface area (Å²) >= 11 is 5.85. The number of H-pyrrole nitrogens is 1. The average molecular weight is 369 g/mol. The predicted octanol–water partition coefficient (Wildman–Crippen LogP) is 2.51. The molecule has 0 radical (unpaired) electrons. The van der Waals surface area contributed by atoms with Crippen LogP contribution < -0.4 is 16.0 Å². The van der Waals surface area contributed by atoms with Crippen LogP contribution in [0.25, 0.3) is 16.6 Å². The molecule has 4 aromatic rings. The molecule has 3 N–H and O–H groups in total. The van der Waals surface area contributed by atoms with Crippen LogP contribution in [0.5, 0.6) is 5.75 Å². The van der Waals surface area contributed by atoms with Gasteiger partial charge >= 0.3 is 0 Å². The Hall–Kier alpha value is -3.32. The Morgan fingerprint density at radius 1 is 1.19 bits per heavy atom. The van der Waals surface area contributed by atoms with Gasteiger partial charge in [0.2, 0.25) is 0 Å². The van der Waals surface area contributed by atoms with Crippen molar-refractivity contribution >= 4 is 34.1 Å². The zero-order valence-corrected chi connectivity index (χ0v) is 14.2. The number of ether oxygens (including phenoxy) is 1. The molecule has 4 rings (SSSR count). The van der Waals surface area contributed by atoms with Gasteiger partial charge in [-0.05, 0) is 36.4 Å². The molecule has 1 amide bonds. The number of fused-ring (bicyclic) bond motifs is 2. The van der Waals surface area contributed by atoms with E-state index in [1.165, 1.54) is 0 Å². The zero-order chi connectivity index (χ0) is 18.3. The minimum Gasteiger partial charge on any atom is -0.487 e. The lowest BCUT2D eigenvalue weighted by Gasteiger charge is -2.04. The second kappa shape index (κ2) is 6.20. The summed E-state index contributed by atoms with van der Waals surface area (Å²) < 4.78 is 6.79. The van der Waals surface area contributed by atoms with Crippen molar-refractivity contribution in [2.24, 2.45) is 5.73 Å². The van der Waals surface area contributed by atoms with Gasteiger partial charge in [-0.25, -0.2) is 0 Å². The summed E-state index contributed by atoms with van der Waals surface area (Å²) in [5.41, 5.74) is 6.42. The molecule has 8 heteroatoms. The maximum atomic E-state index is 12.7. The van der Waals surface area contributed by atoms with Gasteiger partial charge in [0, 0.05) is 5.02 Å². The molecule has 26 heavy (non-hydrogen) atoms. The van der Waals surface area contributed by atoms with Gasteiger partial charge in [-0.1, -0.05) is 23.7 Å². The third-order valence-electron chi connectivity index (χ3n) is 4.00. The molecule has 2 heterocycles. The van der Waals surface area contributed by atoms with Crippen LogP contribution in [0.15, 0.2) is 53.3 Å². The molecule has 0 aliphatic heterocycles. The van der Waals surface area contributed by atoms with Crippen LogP contribution in [-0.4, -0.2) is 20.5 Å². The van der Waals surface area contributed by atoms with E-state index in [0.717, 1.165) is 4.52 Å². The summed E-state index contributed by atoms with van der Waals surface area (Å²) in [4.78, 5) is 27.7. The third-order valence-corrected chi connectivity index (χ3v) is 4.25. The zero-order valence-electron chi connectivity index (χ0n) is 13.4. The van der Waals surface area contributed by atoms with E-state index in [2.05, 4.69) is 10.1 Å². The highest BCUT2D eigenvalue weighted by atomic mass is 35.5. The van der Waals surface area contributed by atoms with Crippen molar-refractivity contribution in [3.63, 3.8) is 0 Å². The highest BCUT2D eigenvalue weighted by Gasteiger charge is 2.21. The van der Waals surface area contributed by atoms with E-state index in [-0.39, 0.29) is 29.1 Å². The van der Waals surface area contributed by atoms with Gasteiger partial charge < -0.3 is 15.5 Å². The normalized spacial score (nSPS) is 11.1. The number of nitrogens with two attached hydrogens (primary N) is 1. The highest BCUT2D eigenvalue weighted by Crippen LogP contribution is 2.20. The number of rotatable bonds is 4. The lowest BCUT2D eigenvalue weighted by molar-refractivity contribution is 0.0999. The smallest absolute Gasteiger partial charge is 0.282 e. The van der Waals surface area contributed by atoms with Crippen LogP contribution in [-0.2, 0) is 6.61 Å². The molecule has 130 valence electrons. The van der Waals surface area contributed by atoms with Crippen LogP contribution in [0.2, 0.25) is 5.02 Å². The number of benzene rings is 2. The summed E-state index contributed by atoms with van der Waals surface area (Å²) in [7, 11) is 0. The van der Waals surface area contributed by atoms with Crippen LogP contribution in [0.4, 0.5) is 0 Å². The molecule has 0 spiro atoms. The van der Waals surface area contributed by atoms with E-state index in [9.17, 15) is 9.59 Å². The minimum atomic E-state index is -0.694. The Morgan fingerprint density at radius 3 is 2.65 bits per heavy atom. The molecule has 0 atom stereocenters. The number of hydrogen-bond donors (Lipinski definition) is 2. The van der Waals surface area contributed by atoms with Crippen LogP contribution in [0, 0.1) is 0 Å². The van der Waals surface area contributed by atoms with Crippen molar-refractivity contribution in [2.75, 3.05) is 0 Å². The topological polar surface area (TPSA) is 102 Å². The summed E-state index contributed by atoms with van der Waals surface area (Å²) in [6, 6.07) is 13.7. The fourth-order valence-electron chi connectivity index (χ4n) is 2.79. The van der Waals surface area contributed by atoms with E-state index in [0.29, 0.717) is 21.7 Å². The van der Waals surface area contributed by atoms with Gasteiger partial charge in [-0.15, -0.1) is 0 Å². The number of carbonyl (C=O) groups is 1. The summed E-state index contributed by atoms with van der Waals surface area (Å²) in [5.74, 6) is -0.140. The number of primary amides is 1. The molecule has 0 aliphatic carbocycles. The maximum Gasteiger partial charge on any atom is 0.282 e. The fraction of sp³-hybridized carbons (Fsp3) is 0.0556. The molecule has 0 saturated carbocycles. The second-order valence-electron chi connectivity index (χ2n) is 5.66. The van der Waals surface area contributed by atoms with Crippen molar-refractivity contribution in [3.05, 3.63) is 75.2 Å². The molecule has 0 unspecified atom stereocenters. The SMILES string of the molecule is NC(=O)c1c(COc2ccc(Cl)cc2)nn2c(=O)c3ccccc3[nH]c12. The number of halogens is 1. The number of carbonyl (C=O) groups excluding carboxylic acids is 1. The number of amides is 1. The number of nitrogens with one attached hydrogen (secondary N) is 1. The van der Waals surface area contributed by atoms with E-state index in [1.54, 1.807) is 48.5 Å². The molecule has 2 aromatic heterocycles. The van der Waals surface area contributed by atoms with Gasteiger partial charge in [-0.3, -0.25) is 9.59 Å². The Morgan fingerprint density at radius 2 is 1.92 bits per heavy atom. The largest absolute Gasteiger partial charge is 0.487 e. The lowest BCUT2D eigenvalue weighted by atomic mass is 10.2. The van der Waals surface area contributed by atoms with Gasteiger partial charge in [0.25, 0.3) is 11.5 Å². The second-order valence-corrected chi connectivity index (χ2v) is 6.10. The van der Waals surface area contributed by atoms with Crippen LogP contribution >= 0.6 is 11.6 Å². The number of para-hydroxylation sites is 1. The van der Waals surface area contributed by atoms with Crippen molar-refractivity contribution in [3.8, 4) is 5.75 Å². The van der Waals surface area contributed by atoms with Gasteiger partial charge in [-0.2, -0.15) is 9.61 Å². The summed E-state index contributed by atoms with van der Waals surface area (Å²) in [6.07, 6.45) is 0. The van der Waals surface area contributed by atoms with Gasteiger partial charge in [0.05, 0.1) is 10.9 Å². The first-order valence-corrected chi connectivity index (χ1v) is 8.13. The van der Waals surface area contributed by atoms with E-state index in [4.69, 9.17) is 22.1 Å². The van der Waals surface area contributed by atoms with E-state index < -0.39 is 5.91 Å². The molecular formula is C18H13ClN4O3. The molecule has 7 nitrogen and oxygen atoms in total.